The first-order valence-corrected chi connectivity index (χ1v) is 31.1. The molecular formula is C64H80Cl4N10O11. The standard InChI is InChI=1S/C33H42Cl4N4O6.C31H38N6O5/c1-18(2)27(28(43)38-19(3)29(44)41-13-7-8-22(16-41)30(45)47-17-33(35,36)37)40-31(46)32(5,6)12-11-21-9-10-23-24(34)15-25(20(4)42)39-26(23)14-21;1-17(2)26-27(38)33-18(3)28(39)37-13-7-8-23(36-37)29(40)42-19(4)24-15-21(16-32)22-10-9-20(14-25(22)34-24)11-12-31(5,6)30(41)35-26/h9-12,14-15,18-20,22,27,42H,7-8,13,16-17H2,1-6H3,(H,38,43)(H,40,46);9-12,14-15,17-19,23,26,36H,7-8,13H2,1-6H3,(H,33,38)(H,35,41)/b2*12-11+/t19-,20+,22+,27-;18-,19+,23-,26-/m00/s1. The number of aliphatic hydroxyl groups excluding tert-OH is 1. The molecule has 4 aromatic rings. The van der Waals surface area contributed by atoms with Crippen LogP contribution in [0.4, 0.5) is 0 Å². The first-order chi connectivity index (χ1) is 41.6. The van der Waals surface area contributed by atoms with Gasteiger partial charge in [-0.1, -0.05) is 123 Å². The minimum absolute atomic E-state index is 0.116. The van der Waals surface area contributed by atoms with Crippen LogP contribution in [0, 0.1) is 39.9 Å². The van der Waals surface area contributed by atoms with Crippen molar-refractivity contribution in [3.63, 3.8) is 0 Å². The number of alkyl halides is 3. The summed E-state index contributed by atoms with van der Waals surface area (Å²) in [4.78, 5) is 116. The highest BCUT2D eigenvalue weighted by Gasteiger charge is 2.38. The molecule has 8 atom stereocenters. The summed E-state index contributed by atoms with van der Waals surface area (Å²) in [5.74, 6) is -4.71. The molecule has 2 aromatic carbocycles. The number of halogens is 4. The number of piperidine rings is 1. The molecule has 0 radical (unpaired) electrons. The Morgan fingerprint density at radius 3 is 2.24 bits per heavy atom. The average Bonchev–Trinajstić information content (AvgIpc) is 1.40. The maximum Gasteiger partial charge on any atom is 0.325 e. The van der Waals surface area contributed by atoms with Crippen LogP contribution < -0.4 is 26.7 Å². The fourth-order valence-corrected chi connectivity index (χ4v) is 10.4. The lowest BCUT2D eigenvalue weighted by atomic mass is 9.89. The van der Waals surface area contributed by atoms with E-state index in [1.807, 2.05) is 38.1 Å². The van der Waals surface area contributed by atoms with Crippen LogP contribution in [-0.4, -0.2) is 133 Å². The number of likely N-dealkylation sites (tertiary alicyclic amines) is 1. The molecule has 2 aromatic heterocycles. The second-order valence-electron chi connectivity index (χ2n) is 24.7. The normalized spacial score (nSPS) is 21.8. The zero-order valence-electron chi connectivity index (χ0n) is 52.1. The number of hydrazine groups is 1. The Kier molecular flexibility index (Phi) is 24.2. The lowest BCUT2D eigenvalue weighted by Crippen LogP contribution is -2.61. The fraction of sp³-hybridized carbons (Fsp3) is 0.516. The number of benzene rings is 2. The summed E-state index contributed by atoms with van der Waals surface area (Å²) in [5, 5.41) is 34.1. The molecule has 2 saturated heterocycles. The van der Waals surface area contributed by atoms with Crippen LogP contribution in [-0.2, 0) is 47.8 Å². The lowest BCUT2D eigenvalue weighted by molar-refractivity contribution is -0.157. The first kappa shape index (κ1) is 71.1. The van der Waals surface area contributed by atoms with Crippen molar-refractivity contribution in [3.8, 4) is 6.07 Å². The van der Waals surface area contributed by atoms with E-state index in [-0.39, 0.29) is 36.1 Å². The predicted octanol–water partition coefficient (Wildman–Crippen LogP) is 8.68. The van der Waals surface area contributed by atoms with Gasteiger partial charge in [-0.2, -0.15) is 5.26 Å². The Labute approximate surface area is 539 Å². The van der Waals surface area contributed by atoms with E-state index < -0.39 is 99.2 Å². The molecule has 0 saturated carbocycles. The molecule has 3 aliphatic heterocycles. The Morgan fingerprint density at radius 2 is 1.58 bits per heavy atom. The van der Waals surface area contributed by atoms with Gasteiger partial charge >= 0.3 is 11.9 Å². The zero-order chi connectivity index (χ0) is 66.0. The minimum Gasteiger partial charge on any atom is -0.461 e. The van der Waals surface area contributed by atoms with Gasteiger partial charge in [0.2, 0.25) is 33.3 Å². The Bertz CT molecular complexity index is 3430. The Hall–Kier alpha value is -6.93. The number of cyclic esters (lactones) is 1. The number of hydrogen-bond acceptors (Lipinski definition) is 15. The number of ether oxygens (including phenoxy) is 2. The van der Waals surface area contributed by atoms with Crippen molar-refractivity contribution < 1.29 is 52.9 Å². The number of pyridine rings is 2. The van der Waals surface area contributed by atoms with Crippen molar-refractivity contribution in [3.05, 3.63) is 93.8 Å². The van der Waals surface area contributed by atoms with Gasteiger partial charge in [0.15, 0.2) is 0 Å². The van der Waals surface area contributed by atoms with Gasteiger partial charge in [-0.3, -0.25) is 43.4 Å². The number of fused-ring (bicyclic) bond motifs is 5. The summed E-state index contributed by atoms with van der Waals surface area (Å²) < 4.78 is 9.10. The molecule has 5 bridgehead atoms. The molecule has 0 unspecified atom stereocenters. The number of aromatic nitrogens is 2. The average molecular weight is 1310 g/mol. The fourth-order valence-electron chi connectivity index (χ4n) is 10.0. The third-order valence-electron chi connectivity index (χ3n) is 15.6. The van der Waals surface area contributed by atoms with Crippen LogP contribution in [0.3, 0.4) is 0 Å². The summed E-state index contributed by atoms with van der Waals surface area (Å²) in [5.41, 5.74) is 4.89. The second kappa shape index (κ2) is 30.3. The van der Waals surface area contributed by atoms with Crippen molar-refractivity contribution >= 4 is 128 Å². The SMILES string of the molecule is CC(C)[C@@H]1NC(=O)C(C)(C)/C=C/c2ccc3c(C#N)cc(nc3c2)[C@@H](C)OC(=O)[C@@H]2CCCN(N2)C(=O)[C@H](C)NC1=O.CC(C)[C@H](NC(=O)C(C)(C)/C=C/c1ccc2c(Cl)cc([C@@H](C)O)nc2c1)C(=O)N[C@@H](C)C(=O)N1CCC[C@@H](C(=O)OCC(Cl)(Cl)Cl)C1. The summed E-state index contributed by atoms with van der Waals surface area (Å²) in [7, 11) is 0. The lowest BCUT2D eigenvalue weighted by Gasteiger charge is -2.35. The van der Waals surface area contributed by atoms with Gasteiger partial charge in [0.25, 0.3) is 5.91 Å². The molecule has 5 heterocycles. The number of rotatable bonds is 12. The summed E-state index contributed by atoms with van der Waals surface area (Å²) in [6.07, 6.45) is 7.61. The Balaban J connectivity index is 0.000000285. The van der Waals surface area contributed by atoms with Gasteiger partial charge in [0.1, 0.15) is 42.9 Å². The minimum atomic E-state index is -1.73. The van der Waals surface area contributed by atoms with Crippen LogP contribution >= 0.6 is 46.4 Å². The maximum atomic E-state index is 13.4. The number of carbonyl (C=O) groups is 8. The highest BCUT2D eigenvalue weighted by atomic mass is 35.6. The number of nitrogens with zero attached hydrogens (tertiary/aromatic N) is 5. The Morgan fingerprint density at radius 1 is 0.910 bits per heavy atom. The molecule has 25 heteroatoms. The van der Waals surface area contributed by atoms with Crippen molar-refractivity contribution in [2.45, 2.75) is 155 Å². The van der Waals surface area contributed by atoms with Crippen molar-refractivity contribution in [2.24, 2.45) is 28.6 Å². The quantitative estimate of drug-likeness (QED) is 0.0571. The molecule has 6 amide bonds. The van der Waals surface area contributed by atoms with Crippen LogP contribution in [0.2, 0.25) is 5.02 Å². The van der Waals surface area contributed by atoms with Crippen LogP contribution in [0.15, 0.2) is 60.7 Å². The summed E-state index contributed by atoms with van der Waals surface area (Å²) in [6.45, 7) is 21.1. The van der Waals surface area contributed by atoms with Crippen LogP contribution in [0.25, 0.3) is 34.0 Å². The van der Waals surface area contributed by atoms with Gasteiger partial charge in [0, 0.05) is 30.4 Å². The van der Waals surface area contributed by atoms with Gasteiger partial charge in [-0.25, -0.2) is 15.4 Å². The molecular weight excluding hydrogens is 1230 g/mol. The zero-order valence-corrected chi connectivity index (χ0v) is 55.2. The van der Waals surface area contributed by atoms with Crippen molar-refractivity contribution in [1.29, 1.82) is 5.26 Å². The van der Waals surface area contributed by atoms with E-state index in [4.69, 9.17) is 60.9 Å². The smallest absolute Gasteiger partial charge is 0.325 e. The van der Waals surface area contributed by atoms with Gasteiger partial charge < -0.3 is 40.7 Å². The second-order valence-corrected chi connectivity index (χ2v) is 27.6. The van der Waals surface area contributed by atoms with E-state index in [9.17, 15) is 48.7 Å². The number of hydrogen-bond donors (Lipinski definition) is 6. The molecule has 0 aliphatic carbocycles. The van der Waals surface area contributed by atoms with E-state index in [0.29, 0.717) is 77.2 Å². The van der Waals surface area contributed by atoms with Gasteiger partial charge in [-0.05, 0) is 128 Å². The van der Waals surface area contributed by atoms with E-state index in [1.54, 1.807) is 118 Å². The first-order valence-electron chi connectivity index (χ1n) is 29.6. The number of nitriles is 1. The molecule has 3 aliphatic rings. The molecule has 0 spiro atoms. The van der Waals surface area contributed by atoms with Crippen molar-refractivity contribution in [1.82, 2.24) is 46.6 Å². The van der Waals surface area contributed by atoms with Gasteiger partial charge in [0.05, 0.1) is 61.9 Å². The molecule has 480 valence electrons. The number of nitrogens with one attached hydrogen (secondary N) is 5. The van der Waals surface area contributed by atoms with Crippen LogP contribution in [0.5, 0.6) is 0 Å². The number of esters is 2. The van der Waals surface area contributed by atoms with E-state index in [2.05, 4.69) is 37.7 Å². The largest absolute Gasteiger partial charge is 0.461 e. The number of amides is 6. The third kappa shape index (κ3) is 19.1. The molecule has 89 heavy (non-hydrogen) atoms. The van der Waals surface area contributed by atoms with Crippen LogP contribution in [0.1, 0.15) is 149 Å². The molecule has 6 N–H and O–H groups in total. The topological polar surface area (TPSA) is 291 Å². The summed E-state index contributed by atoms with van der Waals surface area (Å²) in [6, 6.07) is 12.0. The van der Waals surface area contributed by atoms with Gasteiger partial charge in [-0.15, -0.1) is 0 Å². The van der Waals surface area contributed by atoms with Crippen molar-refractivity contribution in [2.75, 3.05) is 26.2 Å². The predicted molar refractivity (Wildman–Crippen MR) is 341 cm³/mol. The highest BCUT2D eigenvalue weighted by Crippen LogP contribution is 2.31. The van der Waals surface area contributed by atoms with E-state index in [1.165, 1.54) is 9.91 Å². The molecule has 2 fully saturated rings. The monoisotopic (exact) mass is 1300 g/mol. The maximum absolute atomic E-state index is 13.4. The third-order valence-corrected chi connectivity index (χ3v) is 16.2. The van der Waals surface area contributed by atoms with E-state index >= 15 is 0 Å². The van der Waals surface area contributed by atoms with E-state index in [0.717, 1.165) is 16.5 Å². The molecule has 21 nitrogen and oxygen atoms in total. The highest BCUT2D eigenvalue weighted by molar-refractivity contribution is 6.67. The number of aliphatic hydroxyl groups is 1. The number of carbonyl (C=O) groups excluding carboxylic acids is 8. The molecule has 7 rings (SSSR count). The summed E-state index contributed by atoms with van der Waals surface area (Å²) >= 11 is 23.4.